The number of hydrogen-bond donors (Lipinski definition) is 14. The van der Waals surface area contributed by atoms with Crippen LogP contribution in [0.25, 0.3) is 0 Å². The van der Waals surface area contributed by atoms with Crippen LogP contribution in [0.4, 0.5) is 0 Å². The van der Waals surface area contributed by atoms with E-state index in [1.165, 1.54) is 0 Å². The molecule has 0 radical (unpaired) electrons. The molecule has 4 heterocycles. The van der Waals surface area contributed by atoms with E-state index in [0.29, 0.717) is 0 Å². The molecule has 23 heteroatoms. The van der Waals surface area contributed by atoms with Gasteiger partial charge >= 0.3 is 0 Å². The van der Waals surface area contributed by atoms with Crippen molar-refractivity contribution in [3.05, 3.63) is 0 Å². The topological polar surface area (TPSA) is 366 Å². The minimum absolute atomic E-state index is 0.671. The largest absolute Gasteiger partial charge is 0.394 e. The second kappa shape index (κ2) is 18.0. The maximum Gasteiger partial charge on any atom is 0.217 e. The number of rotatable bonds is 12. The first-order valence-electron chi connectivity index (χ1n) is 16.1. The van der Waals surface area contributed by atoms with E-state index >= 15 is 0 Å². The summed E-state index contributed by atoms with van der Waals surface area (Å²) in [5.41, 5.74) is 0. The predicted octanol–water partition coefficient (Wildman–Crippen LogP) is -9.46. The van der Waals surface area contributed by atoms with Crippen LogP contribution in [0.3, 0.4) is 0 Å². The minimum Gasteiger partial charge on any atom is -0.394 e. The number of aliphatic hydroxyl groups excluding tert-OH is 12. The lowest BCUT2D eigenvalue weighted by atomic mass is 9.94. The first-order chi connectivity index (χ1) is 24.1. The maximum atomic E-state index is 12.3. The van der Waals surface area contributed by atoms with Crippen LogP contribution in [-0.4, -0.2) is 222 Å². The van der Waals surface area contributed by atoms with Gasteiger partial charge in [-0.25, -0.2) is 0 Å². The fraction of sp³-hybridized carbons (Fsp3) is 0.929. The molecule has 14 N–H and O–H groups in total. The average molecular weight is 749 g/mol. The van der Waals surface area contributed by atoms with Crippen LogP contribution in [0.5, 0.6) is 0 Å². The molecule has 4 aliphatic heterocycles. The number of aliphatic hydroxyl groups is 12. The summed E-state index contributed by atoms with van der Waals surface area (Å²) in [7, 11) is 0. The van der Waals surface area contributed by atoms with Crippen molar-refractivity contribution in [3.63, 3.8) is 0 Å². The number of nitrogens with one attached hydrogen (secondary N) is 2. The lowest BCUT2D eigenvalue weighted by Gasteiger charge is -2.50. The zero-order valence-electron chi connectivity index (χ0n) is 27.4. The number of hydrogen-bond acceptors (Lipinski definition) is 21. The molecule has 4 rings (SSSR count). The Labute approximate surface area is 289 Å². The van der Waals surface area contributed by atoms with Gasteiger partial charge < -0.3 is 105 Å². The average Bonchev–Trinajstić information content (AvgIpc) is 3.08. The van der Waals surface area contributed by atoms with E-state index in [4.69, 9.17) is 33.2 Å². The fourth-order valence-corrected chi connectivity index (χ4v) is 6.35. The van der Waals surface area contributed by atoms with Gasteiger partial charge in [-0.05, 0) is 0 Å². The summed E-state index contributed by atoms with van der Waals surface area (Å²) in [6, 6.07) is -3.09. The molecule has 4 aliphatic rings. The van der Waals surface area contributed by atoms with Gasteiger partial charge in [0.25, 0.3) is 0 Å². The highest BCUT2D eigenvalue weighted by molar-refractivity contribution is 5.73. The van der Waals surface area contributed by atoms with Crippen LogP contribution in [0.15, 0.2) is 0 Å². The van der Waals surface area contributed by atoms with Crippen LogP contribution in [0.2, 0.25) is 0 Å². The third-order valence-electron chi connectivity index (χ3n) is 9.01. The molecule has 2 amide bonds. The van der Waals surface area contributed by atoms with Gasteiger partial charge in [0.1, 0.15) is 97.5 Å². The summed E-state index contributed by atoms with van der Waals surface area (Å²) in [6.07, 6.45) is -31.8. The second-order valence-corrected chi connectivity index (χ2v) is 12.6. The molecule has 4 fully saturated rings. The van der Waals surface area contributed by atoms with Crippen LogP contribution in [-0.2, 0) is 42.7 Å². The standard InChI is InChI=1S/C28H48N2O21/c1-7(35)29-13-18(40)22(12(6-34)45-25(13)44)49-28-21(43)24(17(39)11(5-33)48-28)51-26-14(30-8(2)36)23(16(38)10(4-32)46-26)50-27-20(42)19(41)15(37)9(3-31)47-27/h9-28,31-34,37-44H,3-6H2,1-2H3,(H,29,35)(H,30,36)/t9-,10-,11-,12-,13-,14-,15+,16-,17+,18-,19+,20-,21-,22-,23-,24+,25-,26+,27-,28+/m1/s1. The molecule has 51 heavy (non-hydrogen) atoms. The Kier molecular flexibility index (Phi) is 14.8. The van der Waals surface area contributed by atoms with Gasteiger partial charge in [-0.15, -0.1) is 0 Å². The summed E-state index contributed by atoms with van der Waals surface area (Å²) in [6.45, 7) is -1.33. The van der Waals surface area contributed by atoms with Crippen molar-refractivity contribution in [1.82, 2.24) is 10.6 Å². The molecule has 0 aromatic rings. The Morgan fingerprint density at radius 3 is 1.43 bits per heavy atom. The van der Waals surface area contributed by atoms with Crippen molar-refractivity contribution in [2.24, 2.45) is 0 Å². The van der Waals surface area contributed by atoms with Crippen molar-refractivity contribution in [1.29, 1.82) is 0 Å². The van der Waals surface area contributed by atoms with E-state index in [-0.39, 0.29) is 0 Å². The number of carbonyl (C=O) groups is 2. The summed E-state index contributed by atoms with van der Waals surface area (Å²) >= 11 is 0. The molecule has 4 saturated heterocycles. The predicted molar refractivity (Wildman–Crippen MR) is 157 cm³/mol. The third kappa shape index (κ3) is 9.11. The zero-order valence-corrected chi connectivity index (χ0v) is 27.4. The molecule has 0 aromatic heterocycles. The lowest BCUT2D eigenvalue weighted by Crippen LogP contribution is -2.70. The normalized spacial score (nSPS) is 47.8. The summed E-state index contributed by atoms with van der Waals surface area (Å²) in [5, 5.41) is 130. The first kappa shape index (κ1) is 41.9. The molecular formula is C28H48N2O21. The highest BCUT2D eigenvalue weighted by Crippen LogP contribution is 2.34. The summed E-state index contributed by atoms with van der Waals surface area (Å²) < 4.78 is 39.3. The second-order valence-electron chi connectivity index (χ2n) is 12.6. The third-order valence-corrected chi connectivity index (χ3v) is 9.01. The van der Waals surface area contributed by atoms with Gasteiger partial charge in [0.2, 0.25) is 11.8 Å². The van der Waals surface area contributed by atoms with E-state index in [1.807, 2.05) is 0 Å². The van der Waals surface area contributed by atoms with Gasteiger partial charge in [-0.1, -0.05) is 0 Å². The van der Waals surface area contributed by atoms with Gasteiger partial charge in [-0.3, -0.25) is 9.59 Å². The molecular weight excluding hydrogens is 700 g/mol. The summed E-state index contributed by atoms with van der Waals surface area (Å²) in [5.74, 6) is -1.44. The molecule has 0 bridgehead atoms. The molecule has 0 unspecified atom stereocenters. The van der Waals surface area contributed by atoms with E-state index < -0.39 is 161 Å². The molecule has 296 valence electrons. The highest BCUT2D eigenvalue weighted by atomic mass is 16.8. The lowest BCUT2D eigenvalue weighted by molar-refractivity contribution is -0.376. The van der Waals surface area contributed by atoms with Gasteiger partial charge in [-0.2, -0.15) is 0 Å². The summed E-state index contributed by atoms with van der Waals surface area (Å²) in [4.78, 5) is 24.0. The van der Waals surface area contributed by atoms with Gasteiger partial charge in [0.15, 0.2) is 25.2 Å². The highest BCUT2D eigenvalue weighted by Gasteiger charge is 2.56. The molecule has 20 atom stereocenters. The molecule has 0 spiro atoms. The Bertz CT molecular complexity index is 1140. The Balaban J connectivity index is 1.62. The van der Waals surface area contributed by atoms with Crippen LogP contribution < -0.4 is 10.6 Å². The van der Waals surface area contributed by atoms with Crippen molar-refractivity contribution in [2.45, 2.75) is 137 Å². The molecule has 0 aromatic carbocycles. The number of carbonyl (C=O) groups excluding carboxylic acids is 2. The monoisotopic (exact) mass is 748 g/mol. The van der Waals surface area contributed by atoms with Crippen molar-refractivity contribution < 1.29 is 104 Å². The number of amides is 2. The van der Waals surface area contributed by atoms with Crippen molar-refractivity contribution >= 4 is 11.8 Å². The van der Waals surface area contributed by atoms with Gasteiger partial charge in [0, 0.05) is 13.8 Å². The first-order valence-corrected chi connectivity index (χ1v) is 16.1. The van der Waals surface area contributed by atoms with Crippen LogP contribution in [0.1, 0.15) is 13.8 Å². The van der Waals surface area contributed by atoms with E-state index in [2.05, 4.69) is 10.6 Å². The van der Waals surface area contributed by atoms with Crippen LogP contribution >= 0.6 is 0 Å². The van der Waals surface area contributed by atoms with Crippen molar-refractivity contribution in [3.8, 4) is 0 Å². The van der Waals surface area contributed by atoms with Crippen molar-refractivity contribution in [2.75, 3.05) is 26.4 Å². The minimum atomic E-state index is -2.05. The maximum absolute atomic E-state index is 12.3. The smallest absolute Gasteiger partial charge is 0.217 e. The molecule has 0 saturated carbocycles. The SMILES string of the molecule is CC(=O)N[C@@H]1[C@@H](O)[C@H](O[C@@H]2O[C@H](CO)[C@H](O)[C@H](O[C@@H]3O[C@H](CO)[C@@H](O)[C@H](O[C@H]4O[C@H](CO)[C@H](O)[C@H](O)[C@H]4O)[C@H]3NC(C)=O)[C@H]2O)[C@@H](CO)O[C@H]1O. The fourth-order valence-electron chi connectivity index (χ4n) is 6.35. The quantitative estimate of drug-likeness (QED) is 0.0881. The Hall–Kier alpha value is -1.82. The number of ether oxygens (including phenoxy) is 7. The molecule has 23 nitrogen and oxygen atoms in total. The Morgan fingerprint density at radius 1 is 0.471 bits per heavy atom. The van der Waals surface area contributed by atoms with Gasteiger partial charge in [0.05, 0.1) is 26.4 Å². The van der Waals surface area contributed by atoms with E-state index in [9.17, 15) is 70.9 Å². The van der Waals surface area contributed by atoms with Crippen LogP contribution in [0, 0.1) is 0 Å². The zero-order chi connectivity index (χ0) is 37.9. The van der Waals surface area contributed by atoms with E-state index in [0.717, 1.165) is 13.8 Å². The molecule has 0 aliphatic carbocycles. The van der Waals surface area contributed by atoms with E-state index in [1.54, 1.807) is 0 Å². The Morgan fingerprint density at radius 2 is 0.902 bits per heavy atom.